The Kier molecular flexibility index (Phi) is 9.85. The van der Waals surface area contributed by atoms with Gasteiger partial charge in [-0.05, 0) is 67.1 Å². The molecule has 0 radical (unpaired) electrons. The molecule has 0 heterocycles. The van der Waals surface area contributed by atoms with Crippen LogP contribution in [-0.4, -0.2) is 0 Å². The van der Waals surface area contributed by atoms with Gasteiger partial charge in [-0.2, -0.15) is 0 Å². The molecule has 20 heavy (non-hydrogen) atoms. The van der Waals surface area contributed by atoms with Crippen LogP contribution in [0.15, 0.2) is 0 Å². The molecule has 0 nitrogen and oxygen atoms in total. The van der Waals surface area contributed by atoms with E-state index in [1.807, 2.05) is 0 Å². The standard InChI is InChI=1S/C20H42/c1-14(2)10-17(7)12-19(9)20(16(5)6)13-18(8)11-15(3)4/h14-20H,10-13H2,1-9H3. The van der Waals surface area contributed by atoms with Crippen LogP contribution in [0.25, 0.3) is 0 Å². The van der Waals surface area contributed by atoms with Crippen molar-refractivity contribution in [1.29, 1.82) is 0 Å². The summed E-state index contributed by atoms with van der Waals surface area (Å²) < 4.78 is 0. The summed E-state index contributed by atoms with van der Waals surface area (Å²) >= 11 is 0. The fourth-order valence-corrected chi connectivity index (χ4v) is 4.24. The van der Waals surface area contributed by atoms with E-state index in [1.165, 1.54) is 25.7 Å². The predicted octanol–water partition coefficient (Wildman–Crippen LogP) is 7.04. The molecule has 0 aromatic heterocycles. The van der Waals surface area contributed by atoms with Crippen molar-refractivity contribution >= 4 is 0 Å². The van der Waals surface area contributed by atoms with Gasteiger partial charge in [0, 0.05) is 0 Å². The first-order valence-corrected chi connectivity index (χ1v) is 9.13. The van der Waals surface area contributed by atoms with E-state index in [4.69, 9.17) is 0 Å². The van der Waals surface area contributed by atoms with Gasteiger partial charge in [-0.25, -0.2) is 0 Å². The summed E-state index contributed by atoms with van der Waals surface area (Å²) in [4.78, 5) is 0. The van der Waals surface area contributed by atoms with Crippen molar-refractivity contribution in [1.82, 2.24) is 0 Å². The predicted molar refractivity (Wildman–Crippen MR) is 94.0 cm³/mol. The molecule has 0 aromatic carbocycles. The van der Waals surface area contributed by atoms with E-state index in [9.17, 15) is 0 Å². The number of rotatable bonds is 10. The van der Waals surface area contributed by atoms with Crippen LogP contribution in [0.1, 0.15) is 88.0 Å². The molecule has 4 atom stereocenters. The summed E-state index contributed by atoms with van der Waals surface area (Å²) in [5.41, 5.74) is 0. The monoisotopic (exact) mass is 282 g/mol. The van der Waals surface area contributed by atoms with Crippen molar-refractivity contribution in [2.45, 2.75) is 88.0 Å². The lowest BCUT2D eigenvalue weighted by molar-refractivity contribution is 0.180. The molecule has 0 aliphatic carbocycles. The molecule has 122 valence electrons. The van der Waals surface area contributed by atoms with Gasteiger partial charge in [-0.1, -0.05) is 62.3 Å². The minimum absolute atomic E-state index is 0.825. The van der Waals surface area contributed by atoms with Crippen LogP contribution in [0.5, 0.6) is 0 Å². The van der Waals surface area contributed by atoms with Gasteiger partial charge in [0.1, 0.15) is 0 Å². The lowest BCUT2D eigenvalue weighted by Crippen LogP contribution is -2.23. The smallest absolute Gasteiger partial charge is 0.0363 e. The molecule has 0 heteroatoms. The van der Waals surface area contributed by atoms with Gasteiger partial charge in [0.25, 0.3) is 0 Å². The van der Waals surface area contributed by atoms with Gasteiger partial charge in [0.05, 0.1) is 0 Å². The summed E-state index contributed by atoms with van der Waals surface area (Å²) in [6, 6.07) is 0. The van der Waals surface area contributed by atoms with E-state index in [1.54, 1.807) is 0 Å². The first-order chi connectivity index (χ1) is 9.13. The van der Waals surface area contributed by atoms with Crippen molar-refractivity contribution in [2.24, 2.45) is 41.4 Å². The quantitative estimate of drug-likeness (QED) is 0.403. The number of hydrogen-bond acceptors (Lipinski definition) is 0. The average Bonchev–Trinajstić information content (AvgIpc) is 2.22. The van der Waals surface area contributed by atoms with Crippen LogP contribution in [0, 0.1) is 41.4 Å². The highest BCUT2D eigenvalue weighted by molar-refractivity contribution is 4.75. The first kappa shape index (κ1) is 20.0. The van der Waals surface area contributed by atoms with Gasteiger partial charge in [0.15, 0.2) is 0 Å². The molecule has 0 rings (SSSR count). The van der Waals surface area contributed by atoms with Gasteiger partial charge < -0.3 is 0 Å². The topological polar surface area (TPSA) is 0 Å². The lowest BCUT2D eigenvalue weighted by atomic mass is 9.73. The average molecular weight is 283 g/mol. The summed E-state index contributed by atoms with van der Waals surface area (Å²) in [5, 5.41) is 0. The summed E-state index contributed by atoms with van der Waals surface area (Å²) in [6.07, 6.45) is 5.61. The normalized spacial score (nSPS) is 18.6. The Morgan fingerprint density at radius 2 is 0.900 bits per heavy atom. The molecule has 0 amide bonds. The Morgan fingerprint density at radius 1 is 0.500 bits per heavy atom. The van der Waals surface area contributed by atoms with E-state index in [2.05, 4.69) is 62.3 Å². The zero-order valence-electron chi connectivity index (χ0n) is 15.9. The maximum atomic E-state index is 2.50. The molecule has 0 spiro atoms. The van der Waals surface area contributed by atoms with E-state index in [0.717, 1.165) is 41.4 Å². The molecular formula is C20H42. The second kappa shape index (κ2) is 9.85. The minimum Gasteiger partial charge on any atom is -0.0628 e. The van der Waals surface area contributed by atoms with Gasteiger partial charge >= 0.3 is 0 Å². The Balaban J connectivity index is 4.42. The van der Waals surface area contributed by atoms with Gasteiger partial charge in [-0.15, -0.1) is 0 Å². The third-order valence-corrected chi connectivity index (χ3v) is 4.78. The molecule has 0 aliphatic heterocycles. The van der Waals surface area contributed by atoms with Gasteiger partial charge in [0.2, 0.25) is 0 Å². The molecular weight excluding hydrogens is 240 g/mol. The lowest BCUT2D eigenvalue weighted by Gasteiger charge is -2.32. The van der Waals surface area contributed by atoms with Gasteiger partial charge in [-0.3, -0.25) is 0 Å². The molecule has 0 saturated heterocycles. The van der Waals surface area contributed by atoms with Crippen LogP contribution in [0.3, 0.4) is 0 Å². The van der Waals surface area contributed by atoms with Crippen molar-refractivity contribution < 1.29 is 0 Å². The minimum atomic E-state index is 0.825. The van der Waals surface area contributed by atoms with Crippen LogP contribution in [0.2, 0.25) is 0 Å². The molecule has 4 unspecified atom stereocenters. The van der Waals surface area contributed by atoms with Crippen LogP contribution in [-0.2, 0) is 0 Å². The fraction of sp³-hybridized carbons (Fsp3) is 1.00. The zero-order valence-corrected chi connectivity index (χ0v) is 15.9. The first-order valence-electron chi connectivity index (χ1n) is 9.13. The van der Waals surface area contributed by atoms with E-state index >= 15 is 0 Å². The van der Waals surface area contributed by atoms with E-state index in [-0.39, 0.29) is 0 Å². The summed E-state index contributed by atoms with van der Waals surface area (Å²) in [5.74, 6) is 6.04. The molecule has 0 N–H and O–H groups in total. The van der Waals surface area contributed by atoms with E-state index in [0.29, 0.717) is 0 Å². The van der Waals surface area contributed by atoms with Crippen LogP contribution >= 0.6 is 0 Å². The molecule has 0 saturated carbocycles. The highest BCUT2D eigenvalue weighted by atomic mass is 14.3. The van der Waals surface area contributed by atoms with E-state index < -0.39 is 0 Å². The summed E-state index contributed by atoms with van der Waals surface area (Å²) in [7, 11) is 0. The third kappa shape index (κ3) is 9.03. The maximum absolute atomic E-state index is 2.50. The van der Waals surface area contributed by atoms with Crippen LogP contribution in [0.4, 0.5) is 0 Å². The van der Waals surface area contributed by atoms with Crippen molar-refractivity contribution in [2.75, 3.05) is 0 Å². The number of hydrogen-bond donors (Lipinski definition) is 0. The maximum Gasteiger partial charge on any atom is -0.0363 e. The van der Waals surface area contributed by atoms with Crippen molar-refractivity contribution in [3.05, 3.63) is 0 Å². The fourth-order valence-electron chi connectivity index (χ4n) is 4.24. The molecule has 0 aliphatic rings. The van der Waals surface area contributed by atoms with Crippen molar-refractivity contribution in [3.8, 4) is 0 Å². The Bertz CT molecular complexity index is 226. The molecule has 0 fully saturated rings. The Hall–Kier alpha value is 0. The SMILES string of the molecule is CC(C)CC(C)CC(C)C(CC(C)CC(C)C)C(C)C. The Morgan fingerprint density at radius 3 is 1.25 bits per heavy atom. The highest BCUT2D eigenvalue weighted by Gasteiger charge is 2.24. The Labute approximate surface area is 130 Å². The second-order valence-electron chi connectivity index (χ2n) is 8.83. The highest BCUT2D eigenvalue weighted by Crippen LogP contribution is 2.34. The molecule has 0 bridgehead atoms. The van der Waals surface area contributed by atoms with Crippen molar-refractivity contribution in [3.63, 3.8) is 0 Å². The van der Waals surface area contributed by atoms with Crippen LogP contribution < -0.4 is 0 Å². The summed E-state index contributed by atoms with van der Waals surface area (Å²) in [6.45, 7) is 21.7. The zero-order chi connectivity index (χ0) is 15.9. The largest absolute Gasteiger partial charge is 0.0628 e. The second-order valence-corrected chi connectivity index (χ2v) is 8.83. The molecule has 0 aromatic rings. The third-order valence-electron chi connectivity index (χ3n) is 4.78.